The van der Waals surface area contributed by atoms with Crippen LogP contribution in [0.5, 0.6) is 0 Å². The molecule has 1 atom stereocenters. The molecule has 26 heavy (non-hydrogen) atoms. The van der Waals surface area contributed by atoms with Crippen LogP contribution in [0.3, 0.4) is 0 Å². The maximum absolute atomic E-state index is 11.8. The SMILES string of the molecule is CCCCCCCCN(CCCCCCCC)CCP(=O)([O-])OCC.[Na+]. The Morgan fingerprint density at radius 1 is 0.731 bits per heavy atom. The van der Waals surface area contributed by atoms with Crippen molar-refractivity contribution in [3.05, 3.63) is 0 Å². The molecule has 0 saturated carbocycles. The van der Waals surface area contributed by atoms with E-state index in [2.05, 4.69) is 18.7 Å². The molecular weight excluding hydrogens is 356 g/mol. The predicted octanol–water partition coefficient (Wildman–Crippen LogP) is 2.60. The molecule has 0 aromatic rings. The van der Waals surface area contributed by atoms with Gasteiger partial charge >= 0.3 is 29.6 Å². The van der Waals surface area contributed by atoms with E-state index in [4.69, 9.17) is 4.52 Å². The van der Waals surface area contributed by atoms with E-state index in [-0.39, 0.29) is 42.3 Å². The van der Waals surface area contributed by atoms with Crippen molar-refractivity contribution in [3.63, 3.8) is 0 Å². The Morgan fingerprint density at radius 3 is 1.58 bits per heavy atom. The van der Waals surface area contributed by atoms with E-state index in [0.717, 1.165) is 13.1 Å². The molecule has 152 valence electrons. The average Bonchev–Trinajstić information content (AvgIpc) is 2.58. The second-order valence-electron chi connectivity index (χ2n) is 7.13. The van der Waals surface area contributed by atoms with Crippen LogP contribution in [0.1, 0.15) is 97.8 Å². The van der Waals surface area contributed by atoms with E-state index in [0.29, 0.717) is 6.54 Å². The minimum Gasteiger partial charge on any atom is -0.778 e. The maximum Gasteiger partial charge on any atom is 1.00 e. The average molecular weight is 400 g/mol. The molecule has 0 aromatic carbocycles. The van der Waals surface area contributed by atoms with Crippen molar-refractivity contribution in [1.82, 2.24) is 4.90 Å². The van der Waals surface area contributed by atoms with Crippen molar-refractivity contribution in [2.75, 3.05) is 32.4 Å². The van der Waals surface area contributed by atoms with Gasteiger partial charge in [0.2, 0.25) is 0 Å². The third-order valence-electron chi connectivity index (χ3n) is 4.67. The van der Waals surface area contributed by atoms with E-state index < -0.39 is 7.60 Å². The molecule has 0 rings (SSSR count). The Morgan fingerprint density at radius 2 is 1.15 bits per heavy atom. The summed E-state index contributed by atoms with van der Waals surface area (Å²) in [5.74, 6) is 0. The molecule has 0 spiro atoms. The number of hydrogen-bond donors (Lipinski definition) is 0. The first kappa shape index (κ1) is 29.3. The van der Waals surface area contributed by atoms with Crippen LogP contribution in [-0.4, -0.2) is 37.3 Å². The summed E-state index contributed by atoms with van der Waals surface area (Å²) in [5, 5.41) is 0. The molecule has 1 unspecified atom stereocenters. The summed E-state index contributed by atoms with van der Waals surface area (Å²) >= 11 is 0. The van der Waals surface area contributed by atoms with Gasteiger partial charge in [-0.3, -0.25) is 0 Å². The zero-order chi connectivity index (χ0) is 18.8. The third-order valence-corrected chi connectivity index (χ3v) is 6.07. The fraction of sp³-hybridized carbons (Fsp3) is 1.00. The summed E-state index contributed by atoms with van der Waals surface area (Å²) in [6.45, 7) is 9.11. The van der Waals surface area contributed by atoms with Gasteiger partial charge in [0.05, 0.1) is 6.61 Å². The van der Waals surface area contributed by atoms with Crippen molar-refractivity contribution in [1.29, 1.82) is 0 Å². The van der Waals surface area contributed by atoms with Crippen LogP contribution in [0.4, 0.5) is 0 Å². The molecule has 0 aliphatic carbocycles. The van der Waals surface area contributed by atoms with Crippen LogP contribution in [-0.2, 0) is 9.09 Å². The second-order valence-corrected chi connectivity index (χ2v) is 9.06. The fourth-order valence-electron chi connectivity index (χ4n) is 3.09. The Bertz CT molecular complexity index is 316. The molecule has 0 radical (unpaired) electrons. The van der Waals surface area contributed by atoms with Gasteiger partial charge in [0.1, 0.15) is 7.60 Å². The smallest absolute Gasteiger partial charge is 0.778 e. The summed E-state index contributed by atoms with van der Waals surface area (Å²) in [6.07, 6.45) is 15.5. The van der Waals surface area contributed by atoms with Crippen LogP contribution < -0.4 is 34.5 Å². The monoisotopic (exact) mass is 399 g/mol. The first-order valence-electron chi connectivity index (χ1n) is 10.7. The minimum absolute atomic E-state index is 0. The van der Waals surface area contributed by atoms with Crippen LogP contribution >= 0.6 is 7.60 Å². The summed E-state index contributed by atoms with van der Waals surface area (Å²) < 4.78 is 16.7. The van der Waals surface area contributed by atoms with Gasteiger partial charge in [-0.05, 0) is 32.9 Å². The minimum atomic E-state index is -3.65. The Labute approximate surface area is 185 Å². The quantitative estimate of drug-likeness (QED) is 0.190. The molecule has 4 nitrogen and oxygen atoms in total. The normalized spacial score (nSPS) is 13.6. The Hall–Kier alpha value is 1.11. The topological polar surface area (TPSA) is 52.6 Å². The van der Waals surface area contributed by atoms with Crippen molar-refractivity contribution in [2.45, 2.75) is 97.8 Å². The molecule has 0 saturated heterocycles. The molecule has 0 N–H and O–H groups in total. The predicted molar refractivity (Wildman–Crippen MR) is 107 cm³/mol. The number of nitrogens with zero attached hydrogens (tertiary/aromatic N) is 1. The van der Waals surface area contributed by atoms with E-state index >= 15 is 0 Å². The van der Waals surface area contributed by atoms with Crippen LogP contribution in [0, 0.1) is 0 Å². The first-order chi connectivity index (χ1) is 12.1. The van der Waals surface area contributed by atoms with E-state index in [1.165, 1.54) is 77.0 Å². The van der Waals surface area contributed by atoms with E-state index in [1.807, 2.05) is 0 Å². The van der Waals surface area contributed by atoms with Crippen LogP contribution in [0.25, 0.3) is 0 Å². The Balaban J connectivity index is 0. The molecule has 0 fully saturated rings. The molecule has 0 aliphatic heterocycles. The van der Waals surface area contributed by atoms with Crippen molar-refractivity contribution >= 4 is 7.60 Å². The van der Waals surface area contributed by atoms with Crippen LogP contribution in [0.2, 0.25) is 0 Å². The van der Waals surface area contributed by atoms with Crippen molar-refractivity contribution < 1.29 is 43.5 Å². The number of rotatable bonds is 19. The molecule has 0 aliphatic rings. The molecule has 0 heterocycles. The first-order valence-corrected chi connectivity index (χ1v) is 12.5. The zero-order valence-electron chi connectivity index (χ0n) is 18.1. The standard InChI is InChI=1S/C20H44NO3P.Na/c1-4-7-9-11-13-15-17-21(18-16-14-12-10-8-5-2)19-20-25(22,23)24-6-3;/h4-20H2,1-3H3,(H,22,23);/q;+1/p-1. The third kappa shape index (κ3) is 19.9. The van der Waals surface area contributed by atoms with Gasteiger partial charge in [-0.15, -0.1) is 0 Å². The summed E-state index contributed by atoms with van der Waals surface area (Å²) in [7, 11) is -3.65. The number of unbranched alkanes of at least 4 members (excludes halogenated alkanes) is 10. The largest absolute Gasteiger partial charge is 1.00 e. The fourth-order valence-corrected chi connectivity index (χ4v) is 4.14. The molecule has 0 amide bonds. The molecule has 0 bridgehead atoms. The molecule has 0 aromatic heterocycles. The summed E-state index contributed by atoms with van der Waals surface area (Å²) in [4.78, 5) is 14.1. The molecule has 6 heteroatoms. The van der Waals surface area contributed by atoms with Gasteiger partial charge < -0.3 is 18.9 Å². The Kier molecular flexibility index (Phi) is 23.5. The molecular formula is C20H43NNaO3P. The summed E-state index contributed by atoms with van der Waals surface area (Å²) in [6, 6.07) is 0. The van der Waals surface area contributed by atoms with E-state index in [1.54, 1.807) is 6.92 Å². The van der Waals surface area contributed by atoms with E-state index in [9.17, 15) is 9.46 Å². The van der Waals surface area contributed by atoms with Crippen molar-refractivity contribution in [3.8, 4) is 0 Å². The van der Waals surface area contributed by atoms with Gasteiger partial charge in [-0.1, -0.05) is 78.1 Å². The van der Waals surface area contributed by atoms with Crippen molar-refractivity contribution in [2.24, 2.45) is 0 Å². The maximum atomic E-state index is 11.8. The van der Waals surface area contributed by atoms with Gasteiger partial charge in [0.15, 0.2) is 0 Å². The van der Waals surface area contributed by atoms with Gasteiger partial charge in [0, 0.05) is 12.7 Å². The number of hydrogen-bond acceptors (Lipinski definition) is 4. The van der Waals surface area contributed by atoms with Gasteiger partial charge in [-0.2, -0.15) is 0 Å². The zero-order valence-corrected chi connectivity index (χ0v) is 21.0. The van der Waals surface area contributed by atoms with Crippen LogP contribution in [0.15, 0.2) is 0 Å². The summed E-state index contributed by atoms with van der Waals surface area (Å²) in [5.41, 5.74) is 0. The van der Waals surface area contributed by atoms with Gasteiger partial charge in [0.25, 0.3) is 0 Å². The second kappa shape index (κ2) is 20.8. The van der Waals surface area contributed by atoms with Gasteiger partial charge in [-0.25, -0.2) is 0 Å².